The lowest BCUT2D eigenvalue weighted by molar-refractivity contribution is 0.0222. The van der Waals surface area contributed by atoms with Crippen LogP contribution in [0.15, 0.2) is 85.3 Å². The molecule has 0 spiro atoms. The lowest BCUT2D eigenvalue weighted by Crippen LogP contribution is -2.24. The monoisotopic (exact) mass is 414 g/mol. The molecule has 8 nitrogen and oxygen atoms in total. The molecule has 0 saturated heterocycles. The van der Waals surface area contributed by atoms with Crippen molar-refractivity contribution in [1.29, 1.82) is 0 Å². The number of amides is 1. The van der Waals surface area contributed by atoms with E-state index in [-0.39, 0.29) is 12.5 Å². The fourth-order valence-corrected chi connectivity index (χ4v) is 3.02. The first-order valence-corrected chi connectivity index (χ1v) is 9.85. The molecule has 0 unspecified atom stereocenters. The number of pyridine rings is 1. The van der Waals surface area contributed by atoms with Crippen molar-refractivity contribution in [3.63, 3.8) is 0 Å². The van der Waals surface area contributed by atoms with Gasteiger partial charge >= 0.3 is 0 Å². The first-order chi connectivity index (χ1) is 15.3. The van der Waals surface area contributed by atoms with Crippen LogP contribution >= 0.6 is 0 Å². The van der Waals surface area contributed by atoms with Crippen molar-refractivity contribution in [2.24, 2.45) is 0 Å². The van der Waals surface area contributed by atoms with Crippen LogP contribution in [0, 0.1) is 0 Å². The van der Waals surface area contributed by atoms with E-state index in [2.05, 4.69) is 26.1 Å². The Kier molecular flexibility index (Phi) is 6.61. The highest BCUT2D eigenvalue weighted by molar-refractivity contribution is 5.98. The summed E-state index contributed by atoms with van der Waals surface area (Å²) in [6.07, 6.45) is 5.27. The van der Waals surface area contributed by atoms with Gasteiger partial charge in [-0.3, -0.25) is 14.6 Å². The fourth-order valence-electron chi connectivity index (χ4n) is 3.02. The topological polar surface area (TPSA) is 94.0 Å². The normalized spacial score (nSPS) is 10.6. The number of nitrogens with one attached hydrogen (secondary N) is 2. The molecule has 0 bridgehead atoms. The molecule has 8 heteroatoms. The van der Waals surface area contributed by atoms with Gasteiger partial charge in [-0.15, -0.1) is 5.10 Å². The van der Waals surface area contributed by atoms with Gasteiger partial charge in [-0.2, -0.15) is 0 Å². The molecule has 1 amide bonds. The summed E-state index contributed by atoms with van der Waals surface area (Å²) in [5.74, 6) is -0.338. The summed E-state index contributed by atoms with van der Waals surface area (Å²) >= 11 is 0. The predicted octanol–water partition coefficient (Wildman–Crippen LogP) is 3.20. The highest BCUT2D eigenvalue weighted by Crippen LogP contribution is 2.16. The Hall–Kier alpha value is -4.04. The second-order valence-corrected chi connectivity index (χ2v) is 6.87. The number of anilines is 1. The van der Waals surface area contributed by atoms with Gasteiger partial charge in [-0.25, -0.2) is 10.2 Å². The molecule has 0 fully saturated rings. The van der Waals surface area contributed by atoms with E-state index >= 15 is 0 Å². The maximum Gasteiger partial charge on any atom is 0.276 e. The number of benzene rings is 2. The van der Waals surface area contributed by atoms with Gasteiger partial charge < -0.3 is 5.32 Å². The average Bonchev–Trinajstić information content (AvgIpc) is 3.26. The zero-order valence-corrected chi connectivity index (χ0v) is 16.8. The van der Waals surface area contributed by atoms with E-state index in [9.17, 15) is 4.79 Å². The molecule has 4 aromatic rings. The van der Waals surface area contributed by atoms with Crippen LogP contribution in [0.2, 0.25) is 0 Å². The number of hydrogen-bond acceptors (Lipinski definition) is 6. The van der Waals surface area contributed by atoms with Crippen LogP contribution < -0.4 is 10.8 Å². The molecular formula is C23H22N6O2. The number of nitrogens with zero attached hydrogens (tertiary/aromatic N) is 4. The zero-order chi connectivity index (χ0) is 21.3. The Morgan fingerprint density at radius 1 is 0.935 bits per heavy atom. The largest absolute Gasteiger partial charge is 0.380 e. The molecule has 31 heavy (non-hydrogen) atoms. The summed E-state index contributed by atoms with van der Waals surface area (Å²) in [5, 5.41) is 11.5. The van der Waals surface area contributed by atoms with Gasteiger partial charge in [0.1, 0.15) is 12.3 Å². The third kappa shape index (κ3) is 5.74. The molecule has 156 valence electrons. The van der Waals surface area contributed by atoms with Gasteiger partial charge in [0.05, 0.1) is 18.3 Å². The number of hydrogen-bond donors (Lipinski definition) is 2. The van der Waals surface area contributed by atoms with Gasteiger partial charge in [0.25, 0.3) is 5.91 Å². The van der Waals surface area contributed by atoms with Crippen molar-refractivity contribution >= 4 is 11.6 Å². The molecule has 0 atom stereocenters. The molecule has 0 saturated carbocycles. The summed E-state index contributed by atoms with van der Waals surface area (Å²) in [4.78, 5) is 22.0. The lowest BCUT2D eigenvalue weighted by atomic mass is 10.1. The lowest BCUT2D eigenvalue weighted by Gasteiger charge is -2.12. The molecule has 0 aliphatic rings. The van der Waals surface area contributed by atoms with Crippen LogP contribution in [-0.2, 0) is 24.5 Å². The number of carbonyl (C=O) groups excluding carboxylic acids is 1. The Bertz CT molecular complexity index is 1120. The van der Waals surface area contributed by atoms with E-state index in [1.165, 1.54) is 0 Å². The highest BCUT2D eigenvalue weighted by atomic mass is 16.6. The molecule has 0 aliphatic heterocycles. The third-order valence-electron chi connectivity index (χ3n) is 4.56. The average molecular weight is 414 g/mol. The summed E-state index contributed by atoms with van der Waals surface area (Å²) in [5.41, 5.74) is 6.51. The van der Waals surface area contributed by atoms with E-state index in [0.29, 0.717) is 30.0 Å². The molecule has 2 heterocycles. The first-order valence-electron chi connectivity index (χ1n) is 9.85. The first kappa shape index (κ1) is 20.2. The standard InChI is InChI=1S/C23H22N6O2/c30-23(21-8-4-5-9-22(21)25-14-18-10-12-24-13-11-18)27-31-17-20-16-29(28-26-20)15-19-6-2-1-3-7-19/h1-13,16,25H,14-15,17H2,(H,27,30). The van der Waals surface area contributed by atoms with Crippen molar-refractivity contribution in [2.45, 2.75) is 19.7 Å². The van der Waals surface area contributed by atoms with Crippen LogP contribution in [0.3, 0.4) is 0 Å². The number of carbonyl (C=O) groups is 1. The van der Waals surface area contributed by atoms with Crippen molar-refractivity contribution in [3.05, 3.63) is 108 Å². The smallest absolute Gasteiger partial charge is 0.276 e. The number of rotatable bonds is 9. The number of para-hydroxylation sites is 1. The predicted molar refractivity (Wildman–Crippen MR) is 116 cm³/mol. The number of hydroxylamine groups is 1. The molecule has 0 aliphatic carbocycles. The molecular weight excluding hydrogens is 392 g/mol. The van der Waals surface area contributed by atoms with Gasteiger partial charge in [0.15, 0.2) is 0 Å². The zero-order valence-electron chi connectivity index (χ0n) is 16.8. The SMILES string of the molecule is O=C(NOCc1cn(Cc2ccccc2)nn1)c1ccccc1NCc1ccncc1. The molecule has 2 aromatic heterocycles. The summed E-state index contributed by atoms with van der Waals surface area (Å²) < 4.78 is 1.73. The number of aromatic nitrogens is 4. The Balaban J connectivity index is 1.29. The van der Waals surface area contributed by atoms with Crippen LogP contribution in [-0.4, -0.2) is 25.9 Å². The minimum atomic E-state index is -0.338. The van der Waals surface area contributed by atoms with Gasteiger partial charge in [-0.05, 0) is 35.4 Å². The second-order valence-electron chi connectivity index (χ2n) is 6.87. The van der Waals surface area contributed by atoms with Crippen molar-refractivity contribution < 1.29 is 9.63 Å². The Morgan fingerprint density at radius 2 is 1.71 bits per heavy atom. The van der Waals surface area contributed by atoms with E-state index in [0.717, 1.165) is 11.1 Å². The van der Waals surface area contributed by atoms with E-state index in [1.54, 1.807) is 29.3 Å². The molecule has 2 aromatic carbocycles. The van der Waals surface area contributed by atoms with Crippen LogP contribution in [0.25, 0.3) is 0 Å². The summed E-state index contributed by atoms with van der Waals surface area (Å²) in [6.45, 7) is 1.32. The van der Waals surface area contributed by atoms with Crippen LogP contribution in [0.4, 0.5) is 5.69 Å². The third-order valence-corrected chi connectivity index (χ3v) is 4.56. The van der Waals surface area contributed by atoms with Crippen LogP contribution in [0.1, 0.15) is 27.2 Å². The summed E-state index contributed by atoms with van der Waals surface area (Å²) in [6, 6.07) is 21.1. The van der Waals surface area contributed by atoms with Crippen molar-refractivity contribution in [1.82, 2.24) is 25.5 Å². The molecule has 4 rings (SSSR count). The van der Waals surface area contributed by atoms with Gasteiger partial charge in [0, 0.05) is 24.6 Å². The minimum absolute atomic E-state index is 0.118. The molecule has 0 radical (unpaired) electrons. The second kappa shape index (κ2) is 10.1. The van der Waals surface area contributed by atoms with E-state index in [4.69, 9.17) is 4.84 Å². The van der Waals surface area contributed by atoms with Crippen LogP contribution in [0.5, 0.6) is 0 Å². The summed E-state index contributed by atoms with van der Waals surface area (Å²) in [7, 11) is 0. The molecule has 2 N–H and O–H groups in total. The van der Waals surface area contributed by atoms with Gasteiger partial charge in [0.2, 0.25) is 0 Å². The van der Waals surface area contributed by atoms with Crippen molar-refractivity contribution in [2.75, 3.05) is 5.32 Å². The van der Waals surface area contributed by atoms with Crippen molar-refractivity contribution in [3.8, 4) is 0 Å². The minimum Gasteiger partial charge on any atom is -0.380 e. The highest BCUT2D eigenvalue weighted by Gasteiger charge is 2.11. The Labute approximate surface area is 179 Å². The maximum atomic E-state index is 12.6. The van der Waals surface area contributed by atoms with E-state index in [1.807, 2.05) is 60.7 Å². The van der Waals surface area contributed by atoms with Gasteiger partial charge in [-0.1, -0.05) is 47.7 Å². The fraction of sp³-hybridized carbons (Fsp3) is 0.130. The van der Waals surface area contributed by atoms with E-state index < -0.39 is 0 Å². The quantitative estimate of drug-likeness (QED) is 0.409. The Morgan fingerprint density at radius 3 is 2.55 bits per heavy atom. The maximum absolute atomic E-state index is 12.6.